The van der Waals surface area contributed by atoms with Crippen molar-refractivity contribution in [1.29, 1.82) is 0 Å². The number of Topliss-reactive ketones (excluding diaryl/α,β-unsaturated/α-hetero) is 2. The minimum absolute atomic E-state index is 0.364. The molecule has 1 aromatic heterocycles. The summed E-state index contributed by atoms with van der Waals surface area (Å²) >= 11 is 0. The van der Waals surface area contributed by atoms with Crippen LogP contribution < -0.4 is 5.73 Å². The summed E-state index contributed by atoms with van der Waals surface area (Å²) in [4.78, 5) is 55.8. The average molecular weight is 604 g/mol. The number of nitrogens with two attached hydrogens (primary N) is 1. The van der Waals surface area contributed by atoms with Gasteiger partial charge in [0.1, 0.15) is 0 Å². The average Bonchev–Trinajstić information content (AvgIpc) is 3.03. The van der Waals surface area contributed by atoms with Crippen molar-refractivity contribution in [3.8, 4) is 0 Å². The van der Waals surface area contributed by atoms with E-state index >= 15 is 0 Å². The van der Waals surface area contributed by atoms with Crippen LogP contribution in [0.4, 0.5) is 0 Å². The molecule has 4 atom stereocenters. The number of pyridine rings is 1. The maximum atomic E-state index is 12.8. The molecule has 3 saturated heterocycles. The number of nitrogens with zero attached hydrogens (tertiary/aromatic N) is 2. The van der Waals surface area contributed by atoms with Crippen LogP contribution in [0.25, 0.3) is 0 Å². The molecule has 0 radical (unpaired) electrons. The van der Waals surface area contributed by atoms with Gasteiger partial charge in [0.15, 0.2) is 0 Å². The fourth-order valence-corrected chi connectivity index (χ4v) is 5.88. The van der Waals surface area contributed by atoms with Crippen molar-refractivity contribution in [2.45, 2.75) is 56.4 Å². The number of rotatable bonds is 9. The molecule has 11 nitrogen and oxygen atoms in total. The van der Waals surface area contributed by atoms with E-state index in [0.29, 0.717) is 23.2 Å². The van der Waals surface area contributed by atoms with E-state index < -0.39 is 34.7 Å². The predicted molar refractivity (Wildman–Crippen MR) is 160 cm³/mol. The summed E-state index contributed by atoms with van der Waals surface area (Å²) in [6.45, 7) is 5.85. The number of benzene rings is 2. The van der Waals surface area contributed by atoms with Gasteiger partial charge in [-0.1, -0.05) is 65.7 Å². The lowest BCUT2D eigenvalue weighted by Crippen LogP contribution is -2.71. The molecular formula is C33H37N3O8. The molecule has 0 spiro atoms. The molecule has 0 saturated carbocycles. The number of fused-ring (bicyclic) bond motifs is 3. The smallest absolute Gasteiger partial charge is 0.348 e. The summed E-state index contributed by atoms with van der Waals surface area (Å²) in [6.07, 6.45) is 7.45. The van der Waals surface area contributed by atoms with Crippen LogP contribution in [-0.4, -0.2) is 90.2 Å². The number of carboxylic acids is 2. The largest absolute Gasteiger partial charge is 0.479 e. The lowest BCUT2D eigenvalue weighted by atomic mass is 9.73. The Morgan fingerprint density at radius 3 is 1.64 bits per heavy atom. The lowest BCUT2D eigenvalue weighted by Gasteiger charge is -2.49. The number of hydrogen-bond donors (Lipinski definition) is 5. The SMILES string of the molecule is Cc1ccc(C(=O)[C@@](O)(C(=O)O)[C@](O)(C(=O)O)C(=O)c2ccc(C)cc2)cc1.N[C@H]1C2CCN(CC2)[C@H]1Cc1cccnc1. The Kier molecular flexibility index (Phi) is 9.75. The van der Waals surface area contributed by atoms with Crippen molar-refractivity contribution in [3.63, 3.8) is 0 Å². The predicted octanol–water partition coefficient (Wildman–Crippen LogP) is 2.05. The maximum Gasteiger partial charge on any atom is 0.348 e. The Balaban J connectivity index is 0.000000231. The zero-order chi connectivity index (χ0) is 32.2. The molecule has 3 fully saturated rings. The molecule has 3 aromatic rings. The second-order valence-electron chi connectivity index (χ2n) is 11.5. The number of hydrogen-bond acceptors (Lipinski definition) is 9. The van der Waals surface area contributed by atoms with Gasteiger partial charge in [-0.05, 0) is 63.7 Å². The van der Waals surface area contributed by atoms with Crippen LogP contribution in [0.3, 0.4) is 0 Å². The molecule has 4 heterocycles. The summed E-state index contributed by atoms with van der Waals surface area (Å²) in [7, 11) is 0. The van der Waals surface area contributed by atoms with Gasteiger partial charge in [-0.3, -0.25) is 19.5 Å². The molecule has 3 aliphatic rings. The first-order chi connectivity index (χ1) is 20.8. The maximum absolute atomic E-state index is 12.8. The molecule has 232 valence electrons. The van der Waals surface area contributed by atoms with Gasteiger partial charge in [0.25, 0.3) is 11.2 Å². The van der Waals surface area contributed by atoms with Gasteiger partial charge in [-0.15, -0.1) is 0 Å². The molecule has 2 bridgehead atoms. The van der Waals surface area contributed by atoms with Crippen molar-refractivity contribution in [2.24, 2.45) is 11.7 Å². The van der Waals surface area contributed by atoms with Gasteiger partial charge in [-0.25, -0.2) is 9.59 Å². The van der Waals surface area contributed by atoms with Crippen molar-refractivity contribution in [1.82, 2.24) is 9.88 Å². The summed E-state index contributed by atoms with van der Waals surface area (Å²) in [5, 5.41) is 40.3. The van der Waals surface area contributed by atoms with Crippen LogP contribution in [0.2, 0.25) is 0 Å². The zero-order valence-electron chi connectivity index (χ0n) is 24.6. The van der Waals surface area contributed by atoms with Crippen LogP contribution in [0, 0.1) is 19.8 Å². The van der Waals surface area contributed by atoms with E-state index in [2.05, 4.69) is 16.0 Å². The number of aromatic nitrogens is 1. The van der Waals surface area contributed by atoms with E-state index in [1.165, 1.54) is 55.8 Å². The van der Waals surface area contributed by atoms with Crippen molar-refractivity contribution in [3.05, 3.63) is 101 Å². The number of aryl methyl sites for hydroxylation is 2. The molecule has 0 amide bonds. The number of carboxylic acid groups (broad SMARTS) is 2. The fourth-order valence-electron chi connectivity index (χ4n) is 5.88. The second-order valence-corrected chi connectivity index (χ2v) is 11.5. The van der Waals surface area contributed by atoms with E-state index in [1.807, 2.05) is 18.5 Å². The van der Waals surface area contributed by atoms with E-state index in [0.717, 1.165) is 36.6 Å². The Labute approximate surface area is 255 Å². The number of aliphatic hydroxyl groups is 2. The fraction of sp³-hybridized carbons (Fsp3) is 0.364. The minimum Gasteiger partial charge on any atom is -0.479 e. The van der Waals surface area contributed by atoms with Crippen molar-refractivity contribution >= 4 is 23.5 Å². The first-order valence-electron chi connectivity index (χ1n) is 14.3. The van der Waals surface area contributed by atoms with Gasteiger partial charge in [0, 0.05) is 35.6 Å². The Morgan fingerprint density at radius 1 is 0.818 bits per heavy atom. The van der Waals surface area contributed by atoms with Crippen molar-refractivity contribution < 1.29 is 39.6 Å². The topological polar surface area (TPSA) is 191 Å². The molecule has 3 aliphatic heterocycles. The van der Waals surface area contributed by atoms with Crippen LogP contribution in [0.5, 0.6) is 0 Å². The molecule has 44 heavy (non-hydrogen) atoms. The third-order valence-corrected chi connectivity index (χ3v) is 8.63. The number of carbonyl (C=O) groups excluding carboxylic acids is 2. The van der Waals surface area contributed by atoms with Gasteiger partial charge < -0.3 is 26.2 Å². The highest BCUT2D eigenvalue weighted by Gasteiger charge is 2.69. The Bertz CT molecular complexity index is 1420. The van der Waals surface area contributed by atoms with Crippen LogP contribution >= 0.6 is 0 Å². The standard InChI is InChI=1S/C20H18O8.C13H19N3/c1-11-3-7-13(8-4-11)15(21)19(27,17(23)24)20(28,18(25)26)16(22)14-9-5-12(2)6-10-14;14-13-11-3-6-16(7-4-11)12(13)8-10-2-1-5-15-9-10/h3-10,27-28H,1-2H3,(H,23,24)(H,25,26);1-2,5,9,11-13H,3-4,6-8,14H2/t19-,20-;12-,13-/m10/s1. The first kappa shape index (κ1) is 32.6. The zero-order valence-corrected chi connectivity index (χ0v) is 24.6. The summed E-state index contributed by atoms with van der Waals surface area (Å²) < 4.78 is 0. The molecule has 6 rings (SSSR count). The summed E-state index contributed by atoms with van der Waals surface area (Å²) in [5.74, 6) is -7.26. The van der Waals surface area contributed by atoms with Crippen LogP contribution in [-0.2, 0) is 16.0 Å². The molecule has 11 heteroatoms. The van der Waals surface area contributed by atoms with E-state index in [-0.39, 0.29) is 11.1 Å². The van der Waals surface area contributed by atoms with E-state index in [9.17, 15) is 39.6 Å². The number of ketones is 2. The van der Waals surface area contributed by atoms with Gasteiger partial charge in [0.2, 0.25) is 11.6 Å². The third kappa shape index (κ3) is 6.18. The second kappa shape index (κ2) is 13.1. The molecule has 0 unspecified atom stereocenters. The van der Waals surface area contributed by atoms with Crippen LogP contribution in [0.15, 0.2) is 73.1 Å². The monoisotopic (exact) mass is 603 g/mol. The van der Waals surface area contributed by atoms with E-state index in [1.54, 1.807) is 13.8 Å². The Morgan fingerprint density at radius 2 is 1.27 bits per heavy atom. The number of aliphatic carboxylic acids is 2. The van der Waals surface area contributed by atoms with Crippen molar-refractivity contribution in [2.75, 3.05) is 13.1 Å². The highest BCUT2D eigenvalue weighted by Crippen LogP contribution is 2.33. The van der Waals surface area contributed by atoms with E-state index in [4.69, 9.17) is 5.73 Å². The van der Waals surface area contributed by atoms with Gasteiger partial charge >= 0.3 is 11.9 Å². The number of piperidine rings is 3. The third-order valence-electron chi connectivity index (χ3n) is 8.63. The Hall–Kier alpha value is -4.29. The first-order valence-corrected chi connectivity index (χ1v) is 14.3. The highest BCUT2D eigenvalue weighted by atomic mass is 16.5. The minimum atomic E-state index is -3.96. The van der Waals surface area contributed by atoms with Gasteiger partial charge in [0.05, 0.1) is 0 Å². The molecule has 0 aliphatic carbocycles. The van der Waals surface area contributed by atoms with Gasteiger partial charge in [-0.2, -0.15) is 0 Å². The molecule has 2 aromatic carbocycles. The summed E-state index contributed by atoms with van der Waals surface area (Å²) in [6, 6.07) is 15.4. The van der Waals surface area contributed by atoms with Crippen LogP contribution in [0.1, 0.15) is 50.2 Å². The normalized spacial score (nSPS) is 23.3. The summed E-state index contributed by atoms with van der Waals surface area (Å²) in [5.41, 5.74) is 0.392. The molecular weight excluding hydrogens is 566 g/mol. The quantitative estimate of drug-likeness (QED) is 0.178. The molecule has 6 N–H and O–H groups in total. The lowest BCUT2D eigenvalue weighted by molar-refractivity contribution is -0.187. The number of carbonyl (C=O) groups is 4. The highest BCUT2D eigenvalue weighted by molar-refractivity contribution is 6.28.